The number of nitrogens with zero attached hydrogens (tertiary/aromatic N) is 2. The van der Waals surface area contributed by atoms with E-state index in [2.05, 4.69) is 0 Å². The molecular weight excluding hydrogens is 372 g/mol. The minimum Gasteiger partial charge on any atom is -0.484 e. The van der Waals surface area contributed by atoms with Crippen molar-refractivity contribution in [3.8, 4) is 5.75 Å². The van der Waals surface area contributed by atoms with Gasteiger partial charge in [-0.2, -0.15) is 0 Å². The molecule has 2 aromatic rings. The number of carbonyl (C=O) groups is 1. The highest BCUT2D eigenvalue weighted by Gasteiger charge is 2.36. The van der Waals surface area contributed by atoms with Gasteiger partial charge in [-0.1, -0.05) is 0 Å². The molecule has 1 aromatic carbocycles. The van der Waals surface area contributed by atoms with Gasteiger partial charge in [0, 0.05) is 31.6 Å². The Morgan fingerprint density at radius 3 is 2.67 bits per heavy atom. The number of sulfone groups is 1. The second-order valence-electron chi connectivity index (χ2n) is 6.84. The quantitative estimate of drug-likeness (QED) is 0.551. The van der Waals surface area contributed by atoms with Gasteiger partial charge in [-0.05, 0) is 31.0 Å². The van der Waals surface area contributed by atoms with Crippen molar-refractivity contribution in [2.45, 2.75) is 19.4 Å². The summed E-state index contributed by atoms with van der Waals surface area (Å²) in [4.78, 5) is 24.1. The molecule has 0 aliphatic carbocycles. The molecule has 27 heavy (non-hydrogen) atoms. The molecule has 1 amide bonds. The largest absolute Gasteiger partial charge is 0.484 e. The summed E-state index contributed by atoms with van der Waals surface area (Å²) in [5.74, 6) is 0.0894. The molecule has 0 bridgehead atoms. The summed E-state index contributed by atoms with van der Waals surface area (Å²) in [6.07, 6.45) is 0.409. The van der Waals surface area contributed by atoms with Crippen LogP contribution in [0, 0.1) is 6.92 Å². The van der Waals surface area contributed by atoms with E-state index in [1.54, 1.807) is 37.3 Å². The Labute approximate surface area is 157 Å². The lowest BCUT2D eigenvalue weighted by atomic mass is 10.1. The lowest BCUT2D eigenvalue weighted by Gasteiger charge is -2.33. The second-order valence-corrected chi connectivity index (χ2v) is 9.07. The van der Waals surface area contributed by atoms with Gasteiger partial charge in [0.25, 0.3) is 5.91 Å². The molecule has 0 saturated carbocycles. The Kier molecular flexibility index (Phi) is 5.25. The molecule has 9 heteroatoms. The highest BCUT2D eigenvalue weighted by Crippen LogP contribution is 2.23. The van der Waals surface area contributed by atoms with Gasteiger partial charge in [-0.25, -0.2) is 18.2 Å². The Balaban J connectivity index is 1.74. The van der Waals surface area contributed by atoms with Gasteiger partial charge < -0.3 is 9.15 Å². The van der Waals surface area contributed by atoms with Crippen molar-refractivity contribution in [3.63, 3.8) is 0 Å². The first kappa shape index (κ1) is 19.4. The van der Waals surface area contributed by atoms with E-state index < -0.39 is 21.5 Å². The number of hydrogen-bond donors (Lipinski definition) is 0. The van der Waals surface area contributed by atoms with E-state index in [4.69, 9.17) is 9.15 Å². The van der Waals surface area contributed by atoms with E-state index in [-0.39, 0.29) is 24.0 Å². The molecule has 0 spiro atoms. The van der Waals surface area contributed by atoms with Gasteiger partial charge in [0.1, 0.15) is 11.3 Å². The van der Waals surface area contributed by atoms with Gasteiger partial charge in [0.15, 0.2) is 16.4 Å². The number of fused-ring (bicyclic) bond motifs is 1. The fourth-order valence-corrected chi connectivity index (χ4v) is 5.02. The summed E-state index contributed by atoms with van der Waals surface area (Å²) in [6, 6.07) is 6.05. The van der Waals surface area contributed by atoms with Crippen LogP contribution < -0.4 is 10.4 Å². The highest BCUT2D eigenvalue weighted by molar-refractivity contribution is 7.91. The molecular formula is C18H22N2O6S. The summed E-state index contributed by atoms with van der Waals surface area (Å²) in [5.41, 5.74) is 0.732. The van der Waals surface area contributed by atoms with Crippen LogP contribution in [0.1, 0.15) is 12.0 Å². The average molecular weight is 394 g/mol. The SMILES string of the molecule is Cc1cc(=O)oc2cc(OCC(=O)N([C@H]3CCS(=O)(=O)C3)N(C)C)ccc12. The summed E-state index contributed by atoms with van der Waals surface area (Å²) in [7, 11) is 0.271. The summed E-state index contributed by atoms with van der Waals surface area (Å²) >= 11 is 0. The molecule has 1 atom stereocenters. The smallest absolute Gasteiger partial charge is 0.336 e. The second kappa shape index (κ2) is 7.32. The predicted octanol–water partition coefficient (Wildman–Crippen LogP) is 0.973. The molecule has 3 rings (SSSR count). The Hall–Kier alpha value is -2.39. The van der Waals surface area contributed by atoms with E-state index in [1.807, 2.05) is 6.92 Å². The molecule has 1 saturated heterocycles. The lowest BCUT2D eigenvalue weighted by Crippen LogP contribution is -2.51. The van der Waals surface area contributed by atoms with Gasteiger partial charge >= 0.3 is 5.63 Å². The molecule has 8 nitrogen and oxygen atoms in total. The van der Waals surface area contributed by atoms with Crippen LogP contribution in [0.25, 0.3) is 11.0 Å². The number of rotatable bonds is 5. The zero-order valence-electron chi connectivity index (χ0n) is 15.5. The lowest BCUT2D eigenvalue weighted by molar-refractivity contribution is -0.151. The monoisotopic (exact) mass is 394 g/mol. The van der Waals surface area contributed by atoms with Crippen molar-refractivity contribution in [2.75, 3.05) is 32.2 Å². The molecule has 0 radical (unpaired) electrons. The predicted molar refractivity (Wildman–Crippen MR) is 100 cm³/mol. The third-order valence-electron chi connectivity index (χ3n) is 4.53. The van der Waals surface area contributed by atoms with Crippen molar-refractivity contribution in [1.29, 1.82) is 0 Å². The van der Waals surface area contributed by atoms with Gasteiger partial charge in [0.05, 0.1) is 17.5 Å². The summed E-state index contributed by atoms with van der Waals surface area (Å²) in [5, 5.41) is 3.80. The maximum Gasteiger partial charge on any atom is 0.336 e. The van der Waals surface area contributed by atoms with Crippen molar-refractivity contribution >= 4 is 26.7 Å². The third kappa shape index (κ3) is 4.30. The van der Waals surface area contributed by atoms with E-state index >= 15 is 0 Å². The maximum atomic E-state index is 12.6. The van der Waals surface area contributed by atoms with Crippen LogP contribution in [0.5, 0.6) is 5.75 Å². The first-order chi connectivity index (χ1) is 12.7. The third-order valence-corrected chi connectivity index (χ3v) is 6.28. The van der Waals surface area contributed by atoms with Crippen molar-refractivity contribution < 1.29 is 22.4 Å². The Morgan fingerprint density at radius 2 is 2.04 bits per heavy atom. The first-order valence-electron chi connectivity index (χ1n) is 8.53. The van der Waals surface area contributed by atoms with Gasteiger partial charge in [-0.15, -0.1) is 0 Å². The van der Waals surface area contributed by atoms with E-state index in [0.717, 1.165) is 10.9 Å². The maximum absolute atomic E-state index is 12.6. The minimum absolute atomic E-state index is 0.0443. The molecule has 1 aliphatic rings. The number of aryl methyl sites for hydroxylation is 1. The zero-order chi connectivity index (χ0) is 19.8. The van der Waals surface area contributed by atoms with Gasteiger partial charge in [0.2, 0.25) is 0 Å². The normalized spacial score (nSPS) is 18.7. The molecule has 0 N–H and O–H groups in total. The highest BCUT2D eigenvalue weighted by atomic mass is 32.2. The number of hydrazine groups is 1. The van der Waals surface area contributed by atoms with Crippen LogP contribution in [0.2, 0.25) is 0 Å². The zero-order valence-corrected chi connectivity index (χ0v) is 16.3. The fourth-order valence-electron chi connectivity index (χ4n) is 3.33. The van der Waals surface area contributed by atoms with Gasteiger partial charge in [-0.3, -0.25) is 9.80 Å². The fraction of sp³-hybridized carbons (Fsp3) is 0.444. The van der Waals surface area contributed by atoms with Crippen LogP contribution in [0.3, 0.4) is 0 Å². The molecule has 1 aliphatic heterocycles. The first-order valence-corrected chi connectivity index (χ1v) is 10.4. The molecule has 1 fully saturated rings. The standard InChI is InChI=1S/C18H22N2O6S/c1-12-8-18(22)26-16-9-14(4-5-15(12)16)25-10-17(21)20(19(2)3)13-6-7-27(23,24)11-13/h4-5,8-9,13H,6-7,10-11H2,1-3H3/t13-/m0/s1. The molecule has 0 unspecified atom stereocenters. The van der Waals surface area contributed by atoms with E-state index in [1.165, 1.54) is 11.1 Å². The van der Waals surface area contributed by atoms with Crippen LogP contribution in [-0.2, 0) is 14.6 Å². The topological polar surface area (TPSA) is 97.1 Å². The van der Waals surface area contributed by atoms with Crippen LogP contribution >= 0.6 is 0 Å². The molecule has 146 valence electrons. The number of benzene rings is 1. The summed E-state index contributed by atoms with van der Waals surface area (Å²) in [6.45, 7) is 1.56. The van der Waals surface area contributed by atoms with Crippen LogP contribution in [0.15, 0.2) is 33.5 Å². The van der Waals surface area contributed by atoms with Crippen LogP contribution in [-0.4, -0.2) is 62.6 Å². The molecule has 2 heterocycles. The minimum atomic E-state index is -3.11. The number of hydrogen-bond acceptors (Lipinski definition) is 7. The number of amides is 1. The summed E-state index contributed by atoms with van der Waals surface area (Å²) < 4.78 is 34.2. The number of carbonyl (C=O) groups excluding carboxylic acids is 1. The van der Waals surface area contributed by atoms with Crippen molar-refractivity contribution in [3.05, 3.63) is 40.2 Å². The Bertz CT molecular complexity index is 1030. The Morgan fingerprint density at radius 1 is 1.30 bits per heavy atom. The van der Waals surface area contributed by atoms with Crippen molar-refractivity contribution in [1.82, 2.24) is 10.0 Å². The molecule has 1 aromatic heterocycles. The number of ether oxygens (including phenoxy) is 1. The van der Waals surface area contributed by atoms with E-state index in [9.17, 15) is 18.0 Å². The van der Waals surface area contributed by atoms with E-state index in [0.29, 0.717) is 17.8 Å². The van der Waals surface area contributed by atoms with Crippen LogP contribution in [0.4, 0.5) is 0 Å². The van der Waals surface area contributed by atoms with Crippen molar-refractivity contribution in [2.24, 2.45) is 0 Å². The average Bonchev–Trinajstić information content (AvgIpc) is 2.91.